The van der Waals surface area contributed by atoms with Crippen molar-refractivity contribution in [1.82, 2.24) is 9.29 Å². The number of rotatable bonds is 6. The number of aromatic nitrogens is 1. The van der Waals surface area contributed by atoms with E-state index in [1.165, 1.54) is 11.2 Å². The maximum Gasteiger partial charge on any atom is 0.244 e. The number of hydrogen-bond donors (Lipinski definition) is 1. The number of hydrazone groups is 1. The van der Waals surface area contributed by atoms with Crippen molar-refractivity contribution in [2.24, 2.45) is 5.10 Å². The molecular weight excluding hydrogens is 410 g/mol. The minimum absolute atomic E-state index is 0.224. The number of ether oxygens (including phenoxy) is 1. The van der Waals surface area contributed by atoms with Crippen LogP contribution in [0.5, 0.6) is 0 Å². The van der Waals surface area contributed by atoms with E-state index in [0.29, 0.717) is 18.9 Å². The van der Waals surface area contributed by atoms with Gasteiger partial charge in [-0.25, -0.2) is 13.4 Å². The van der Waals surface area contributed by atoms with Gasteiger partial charge in [-0.15, -0.1) is 11.3 Å². The molecule has 2 aliphatic rings. The van der Waals surface area contributed by atoms with Crippen molar-refractivity contribution in [3.63, 3.8) is 0 Å². The molecule has 0 radical (unpaired) electrons. The molecule has 0 amide bonds. The van der Waals surface area contributed by atoms with Crippen LogP contribution in [0.1, 0.15) is 24.1 Å². The molecule has 0 aromatic carbocycles. The van der Waals surface area contributed by atoms with Gasteiger partial charge < -0.3 is 9.64 Å². The Morgan fingerprint density at radius 2 is 1.86 bits per heavy atom. The molecule has 0 saturated carbocycles. The van der Waals surface area contributed by atoms with Crippen LogP contribution in [0.2, 0.25) is 0 Å². The first-order valence-corrected chi connectivity index (χ1v) is 12.1. The van der Waals surface area contributed by atoms with Gasteiger partial charge in [0.2, 0.25) is 10.0 Å². The highest BCUT2D eigenvalue weighted by molar-refractivity contribution is 7.89. The fourth-order valence-electron chi connectivity index (χ4n) is 3.38. The maximum absolute atomic E-state index is 12.7. The van der Waals surface area contributed by atoms with E-state index in [0.717, 1.165) is 50.4 Å². The Kier molecular flexibility index (Phi) is 6.43. The zero-order chi connectivity index (χ0) is 20.1. The van der Waals surface area contributed by atoms with Gasteiger partial charge in [-0.1, -0.05) is 6.42 Å². The summed E-state index contributed by atoms with van der Waals surface area (Å²) in [5, 5.41) is 5.43. The second-order valence-corrected chi connectivity index (χ2v) is 10.0. The molecule has 0 aliphatic carbocycles. The van der Waals surface area contributed by atoms with Gasteiger partial charge >= 0.3 is 0 Å². The number of sulfonamides is 1. The molecule has 156 valence electrons. The van der Waals surface area contributed by atoms with Gasteiger partial charge in [-0.05, 0) is 37.1 Å². The molecule has 2 aromatic rings. The topological polar surface area (TPSA) is 87.1 Å². The van der Waals surface area contributed by atoms with Gasteiger partial charge in [0, 0.05) is 37.3 Å². The summed E-state index contributed by atoms with van der Waals surface area (Å²) in [6, 6.07) is 7.34. The lowest BCUT2D eigenvalue weighted by molar-refractivity contribution is 0.123. The van der Waals surface area contributed by atoms with E-state index in [9.17, 15) is 8.42 Å². The first-order chi connectivity index (χ1) is 14.1. The quantitative estimate of drug-likeness (QED) is 0.554. The molecule has 0 spiro atoms. The summed E-state index contributed by atoms with van der Waals surface area (Å²) in [5.41, 5.74) is 2.86. The number of nitrogens with zero attached hydrogens (tertiary/aromatic N) is 4. The molecule has 0 bridgehead atoms. The Hall–Kier alpha value is -2.01. The van der Waals surface area contributed by atoms with Crippen molar-refractivity contribution in [2.45, 2.75) is 24.2 Å². The highest BCUT2D eigenvalue weighted by atomic mass is 32.2. The third-order valence-corrected chi connectivity index (χ3v) is 7.96. The summed E-state index contributed by atoms with van der Waals surface area (Å²) in [7, 11) is -3.46. The normalized spacial score (nSPS) is 19.0. The molecule has 0 unspecified atom stereocenters. The molecule has 8 nitrogen and oxygen atoms in total. The number of pyridine rings is 1. The smallest absolute Gasteiger partial charge is 0.244 e. The van der Waals surface area contributed by atoms with E-state index in [1.807, 2.05) is 6.07 Å². The van der Waals surface area contributed by atoms with E-state index in [2.05, 4.69) is 26.5 Å². The summed E-state index contributed by atoms with van der Waals surface area (Å²) >= 11 is 1.67. The van der Waals surface area contributed by atoms with Gasteiger partial charge in [0.15, 0.2) is 0 Å². The van der Waals surface area contributed by atoms with E-state index < -0.39 is 10.0 Å². The average molecular weight is 436 g/mol. The summed E-state index contributed by atoms with van der Waals surface area (Å²) in [5.74, 6) is 0.504. The van der Waals surface area contributed by atoms with E-state index in [1.54, 1.807) is 34.0 Å². The number of thiophene rings is 1. The van der Waals surface area contributed by atoms with Gasteiger partial charge in [0.25, 0.3) is 0 Å². The highest BCUT2D eigenvalue weighted by Gasteiger charge is 2.26. The van der Waals surface area contributed by atoms with Crippen molar-refractivity contribution in [1.29, 1.82) is 0 Å². The molecule has 0 atom stereocenters. The molecular formula is C19H25N5O3S2. The number of hydrogen-bond acceptors (Lipinski definition) is 8. The maximum atomic E-state index is 12.7. The predicted octanol–water partition coefficient (Wildman–Crippen LogP) is 2.60. The van der Waals surface area contributed by atoms with Crippen LogP contribution in [-0.4, -0.2) is 63.3 Å². The zero-order valence-electron chi connectivity index (χ0n) is 16.2. The van der Waals surface area contributed by atoms with Crippen LogP contribution in [0, 0.1) is 0 Å². The monoisotopic (exact) mass is 435 g/mol. The molecule has 1 N–H and O–H groups in total. The molecule has 4 rings (SSSR count). The lowest BCUT2D eigenvalue weighted by atomic mass is 10.2. The minimum atomic E-state index is -3.46. The summed E-state index contributed by atoms with van der Waals surface area (Å²) in [6.45, 7) is 4.51. The number of piperidine rings is 1. The number of anilines is 2. The van der Waals surface area contributed by atoms with Crippen molar-refractivity contribution in [3.8, 4) is 0 Å². The second-order valence-electron chi connectivity index (χ2n) is 6.99. The standard InChI is InChI=1S/C19H25N5O3S2/c25-29(26,24-8-2-1-3-9-24)17-5-6-18(20-15-17)22-21-14-16-4-7-19(28-16)23-10-12-27-13-11-23/h4-7,14-15H,1-3,8-13H2,(H,20,22)/b21-14+. The lowest BCUT2D eigenvalue weighted by Gasteiger charge is -2.27. The SMILES string of the molecule is O=S(=O)(c1ccc(N/N=C/c2ccc(N3CCOCC3)s2)nc1)N1CCCCC1. The molecule has 2 fully saturated rings. The van der Waals surface area contributed by atoms with Gasteiger partial charge in [0.1, 0.15) is 10.7 Å². The second kappa shape index (κ2) is 9.21. The van der Waals surface area contributed by atoms with Crippen LogP contribution in [0.3, 0.4) is 0 Å². The summed E-state index contributed by atoms with van der Waals surface area (Å²) in [4.78, 5) is 7.76. The summed E-state index contributed by atoms with van der Waals surface area (Å²) in [6.07, 6.45) is 6.05. The first kappa shape index (κ1) is 20.3. The molecule has 4 heterocycles. The molecule has 10 heteroatoms. The average Bonchev–Trinajstić information content (AvgIpc) is 3.24. The van der Waals surface area contributed by atoms with Crippen LogP contribution < -0.4 is 10.3 Å². The highest BCUT2D eigenvalue weighted by Crippen LogP contribution is 2.26. The Morgan fingerprint density at radius 1 is 1.07 bits per heavy atom. The van der Waals surface area contributed by atoms with Crippen LogP contribution >= 0.6 is 11.3 Å². The van der Waals surface area contributed by atoms with Crippen molar-refractivity contribution >= 4 is 38.4 Å². The van der Waals surface area contributed by atoms with Crippen LogP contribution in [0.25, 0.3) is 0 Å². The summed E-state index contributed by atoms with van der Waals surface area (Å²) < 4.78 is 32.2. The van der Waals surface area contributed by atoms with E-state index in [4.69, 9.17) is 4.74 Å². The lowest BCUT2D eigenvalue weighted by Crippen LogP contribution is -2.35. The molecule has 2 aromatic heterocycles. The van der Waals surface area contributed by atoms with Gasteiger partial charge in [0.05, 0.1) is 24.4 Å². The Labute approximate surface area is 175 Å². The van der Waals surface area contributed by atoms with E-state index >= 15 is 0 Å². The third-order valence-electron chi connectivity index (χ3n) is 5.00. The van der Waals surface area contributed by atoms with Crippen molar-refractivity contribution in [3.05, 3.63) is 35.3 Å². The Morgan fingerprint density at radius 3 is 2.59 bits per heavy atom. The van der Waals surface area contributed by atoms with Gasteiger partial charge in [-0.2, -0.15) is 9.41 Å². The number of nitrogens with one attached hydrogen (secondary N) is 1. The van der Waals surface area contributed by atoms with Crippen molar-refractivity contribution in [2.75, 3.05) is 49.7 Å². The first-order valence-electron chi connectivity index (χ1n) is 9.81. The molecule has 2 aliphatic heterocycles. The number of morpholine rings is 1. The largest absolute Gasteiger partial charge is 0.378 e. The fraction of sp³-hybridized carbons (Fsp3) is 0.474. The van der Waals surface area contributed by atoms with Crippen LogP contribution in [0.15, 0.2) is 40.5 Å². The third kappa shape index (κ3) is 4.95. The molecule has 29 heavy (non-hydrogen) atoms. The predicted molar refractivity (Wildman–Crippen MR) is 115 cm³/mol. The Bertz CT molecular complexity index is 931. The zero-order valence-corrected chi connectivity index (χ0v) is 17.8. The van der Waals surface area contributed by atoms with Crippen molar-refractivity contribution < 1.29 is 13.2 Å². The van der Waals surface area contributed by atoms with Crippen LogP contribution in [-0.2, 0) is 14.8 Å². The van der Waals surface area contributed by atoms with Crippen LogP contribution in [0.4, 0.5) is 10.8 Å². The van der Waals surface area contributed by atoms with E-state index in [-0.39, 0.29) is 4.90 Å². The Balaban J connectivity index is 1.35. The minimum Gasteiger partial charge on any atom is -0.378 e. The fourth-order valence-corrected chi connectivity index (χ4v) is 5.77. The molecule has 2 saturated heterocycles. The van der Waals surface area contributed by atoms with Gasteiger partial charge in [-0.3, -0.25) is 5.43 Å².